The number of halogens is 1. The van der Waals surface area contributed by atoms with Crippen molar-refractivity contribution < 1.29 is 0 Å². The van der Waals surface area contributed by atoms with Crippen LogP contribution in [0.1, 0.15) is 30.4 Å². The number of hydrogen-bond acceptors (Lipinski definition) is 1. The number of hydrogen-bond donors (Lipinski definition) is 1. The smallest absolute Gasteiger partial charge is 0.0229 e. The minimum Gasteiger partial charge on any atom is -0.312 e. The Hall–Kier alpha value is -0.530. The zero-order valence-corrected chi connectivity index (χ0v) is 10.7. The van der Waals surface area contributed by atoms with Crippen molar-refractivity contribution in [3.05, 3.63) is 35.4 Å². The van der Waals surface area contributed by atoms with Crippen molar-refractivity contribution >= 4 is 11.6 Å². The van der Waals surface area contributed by atoms with Crippen LogP contribution in [-0.2, 0) is 6.54 Å². The Kier molecular flexibility index (Phi) is 3.88. The van der Waals surface area contributed by atoms with E-state index >= 15 is 0 Å². The molecule has 1 aliphatic carbocycles. The largest absolute Gasteiger partial charge is 0.312 e. The molecule has 1 N–H and O–H groups in total. The summed E-state index contributed by atoms with van der Waals surface area (Å²) in [7, 11) is 0. The molecule has 0 saturated heterocycles. The van der Waals surface area contributed by atoms with Crippen LogP contribution in [0.15, 0.2) is 24.3 Å². The highest BCUT2D eigenvalue weighted by Gasteiger charge is 2.40. The van der Waals surface area contributed by atoms with Gasteiger partial charge in [0.2, 0.25) is 0 Å². The summed E-state index contributed by atoms with van der Waals surface area (Å²) in [4.78, 5) is 0. The van der Waals surface area contributed by atoms with Gasteiger partial charge in [-0.15, -0.1) is 11.6 Å². The van der Waals surface area contributed by atoms with Crippen LogP contribution < -0.4 is 5.32 Å². The molecule has 0 heterocycles. The van der Waals surface area contributed by atoms with E-state index in [2.05, 4.69) is 36.5 Å². The lowest BCUT2D eigenvalue weighted by molar-refractivity contribution is 0.445. The van der Waals surface area contributed by atoms with Crippen LogP contribution in [0.3, 0.4) is 0 Å². The molecule has 0 bridgehead atoms. The molecular formula is C14H20ClN. The highest BCUT2D eigenvalue weighted by Crippen LogP contribution is 2.48. The summed E-state index contributed by atoms with van der Waals surface area (Å²) >= 11 is 5.81. The molecule has 1 aromatic rings. The van der Waals surface area contributed by atoms with Crippen LogP contribution in [0.4, 0.5) is 0 Å². The van der Waals surface area contributed by atoms with Crippen LogP contribution in [0, 0.1) is 12.3 Å². The molecule has 1 aromatic carbocycles. The fourth-order valence-corrected chi connectivity index (χ4v) is 2.59. The first-order valence-corrected chi connectivity index (χ1v) is 6.60. The SMILES string of the molecule is Cc1cccc(CNCC2(CCCl)CC2)c1. The van der Waals surface area contributed by atoms with Gasteiger partial charge >= 0.3 is 0 Å². The Bertz CT molecular complexity index is 344. The average molecular weight is 238 g/mol. The maximum absolute atomic E-state index is 5.81. The third kappa shape index (κ3) is 3.23. The summed E-state index contributed by atoms with van der Waals surface area (Å²) < 4.78 is 0. The summed E-state index contributed by atoms with van der Waals surface area (Å²) in [5.74, 6) is 0.798. The van der Waals surface area contributed by atoms with Gasteiger partial charge < -0.3 is 5.32 Å². The first-order valence-electron chi connectivity index (χ1n) is 6.06. The number of benzene rings is 1. The highest BCUT2D eigenvalue weighted by atomic mass is 35.5. The molecule has 0 radical (unpaired) electrons. The van der Waals surface area contributed by atoms with Crippen molar-refractivity contribution in [2.45, 2.75) is 32.7 Å². The number of alkyl halides is 1. The van der Waals surface area contributed by atoms with Crippen molar-refractivity contribution in [3.8, 4) is 0 Å². The third-order valence-corrected chi connectivity index (χ3v) is 3.68. The van der Waals surface area contributed by atoms with Gasteiger partial charge in [0.05, 0.1) is 0 Å². The van der Waals surface area contributed by atoms with Crippen LogP contribution in [0.5, 0.6) is 0 Å². The Morgan fingerprint density at radius 2 is 2.19 bits per heavy atom. The van der Waals surface area contributed by atoms with Gasteiger partial charge in [-0.1, -0.05) is 29.8 Å². The minimum atomic E-state index is 0.533. The van der Waals surface area contributed by atoms with E-state index in [4.69, 9.17) is 11.6 Å². The Labute approximate surface area is 103 Å². The lowest BCUT2D eigenvalue weighted by Crippen LogP contribution is -2.24. The van der Waals surface area contributed by atoms with E-state index in [9.17, 15) is 0 Å². The fraction of sp³-hybridized carbons (Fsp3) is 0.571. The zero-order valence-electron chi connectivity index (χ0n) is 9.93. The van der Waals surface area contributed by atoms with E-state index in [1.165, 1.54) is 24.0 Å². The number of aryl methyl sites for hydroxylation is 1. The van der Waals surface area contributed by atoms with Crippen molar-refractivity contribution in [1.29, 1.82) is 0 Å². The molecule has 16 heavy (non-hydrogen) atoms. The molecule has 2 heteroatoms. The fourth-order valence-electron chi connectivity index (χ4n) is 2.19. The summed E-state index contributed by atoms with van der Waals surface area (Å²) in [6.45, 7) is 4.23. The van der Waals surface area contributed by atoms with Gasteiger partial charge in [0.1, 0.15) is 0 Å². The van der Waals surface area contributed by atoms with E-state index in [1.807, 2.05) is 0 Å². The standard InChI is InChI=1S/C14H20ClN/c1-12-3-2-4-13(9-12)10-16-11-14(5-6-14)7-8-15/h2-4,9,16H,5-8,10-11H2,1H3. The minimum absolute atomic E-state index is 0.533. The maximum Gasteiger partial charge on any atom is 0.0229 e. The molecule has 0 unspecified atom stereocenters. The topological polar surface area (TPSA) is 12.0 Å². The molecule has 2 rings (SSSR count). The monoisotopic (exact) mass is 237 g/mol. The molecule has 0 spiro atoms. The van der Waals surface area contributed by atoms with Gasteiger partial charge in [0.15, 0.2) is 0 Å². The van der Waals surface area contributed by atoms with E-state index in [-0.39, 0.29) is 0 Å². The number of rotatable bonds is 6. The second kappa shape index (κ2) is 5.20. The molecule has 0 aliphatic heterocycles. The van der Waals surface area contributed by atoms with E-state index in [0.717, 1.165) is 25.4 Å². The van der Waals surface area contributed by atoms with Crippen LogP contribution in [0.2, 0.25) is 0 Å². The van der Waals surface area contributed by atoms with Gasteiger partial charge in [-0.25, -0.2) is 0 Å². The molecule has 88 valence electrons. The van der Waals surface area contributed by atoms with E-state index in [1.54, 1.807) is 0 Å². The van der Waals surface area contributed by atoms with Crippen molar-refractivity contribution in [3.63, 3.8) is 0 Å². The lowest BCUT2D eigenvalue weighted by atomic mass is 10.0. The third-order valence-electron chi connectivity index (χ3n) is 3.49. The van der Waals surface area contributed by atoms with Crippen molar-refractivity contribution in [2.75, 3.05) is 12.4 Å². The van der Waals surface area contributed by atoms with Gasteiger partial charge in [-0.05, 0) is 37.2 Å². The Balaban J connectivity index is 1.76. The van der Waals surface area contributed by atoms with Gasteiger partial charge in [-0.2, -0.15) is 0 Å². The summed E-state index contributed by atoms with van der Waals surface area (Å²) in [6, 6.07) is 8.69. The van der Waals surface area contributed by atoms with Crippen molar-refractivity contribution in [2.24, 2.45) is 5.41 Å². The molecule has 0 aromatic heterocycles. The van der Waals surface area contributed by atoms with Crippen LogP contribution in [0.25, 0.3) is 0 Å². The summed E-state index contributed by atoms with van der Waals surface area (Å²) in [6.07, 6.45) is 3.86. The average Bonchev–Trinajstić information content (AvgIpc) is 2.99. The van der Waals surface area contributed by atoms with Gasteiger partial charge in [0.25, 0.3) is 0 Å². The second-order valence-electron chi connectivity index (χ2n) is 5.03. The Morgan fingerprint density at radius 1 is 1.38 bits per heavy atom. The predicted octanol–water partition coefficient (Wildman–Crippen LogP) is 3.49. The molecule has 0 atom stereocenters. The molecule has 1 aliphatic rings. The lowest BCUT2D eigenvalue weighted by Gasteiger charge is -2.14. The first kappa shape index (κ1) is 11.9. The normalized spacial score (nSPS) is 17.4. The molecular weight excluding hydrogens is 218 g/mol. The molecule has 1 fully saturated rings. The van der Waals surface area contributed by atoms with Gasteiger partial charge in [0, 0.05) is 19.0 Å². The summed E-state index contributed by atoms with van der Waals surface area (Å²) in [5, 5.41) is 3.56. The Morgan fingerprint density at radius 3 is 2.81 bits per heavy atom. The highest BCUT2D eigenvalue weighted by molar-refractivity contribution is 6.17. The first-order chi connectivity index (χ1) is 7.74. The second-order valence-corrected chi connectivity index (χ2v) is 5.41. The maximum atomic E-state index is 5.81. The van der Waals surface area contributed by atoms with Crippen LogP contribution in [-0.4, -0.2) is 12.4 Å². The number of nitrogens with one attached hydrogen (secondary N) is 1. The van der Waals surface area contributed by atoms with E-state index < -0.39 is 0 Å². The molecule has 1 saturated carbocycles. The van der Waals surface area contributed by atoms with E-state index in [0.29, 0.717) is 5.41 Å². The van der Waals surface area contributed by atoms with Gasteiger partial charge in [-0.3, -0.25) is 0 Å². The zero-order chi connectivity index (χ0) is 11.4. The van der Waals surface area contributed by atoms with Crippen molar-refractivity contribution in [1.82, 2.24) is 5.32 Å². The predicted molar refractivity (Wildman–Crippen MR) is 69.9 cm³/mol. The molecule has 0 amide bonds. The quantitative estimate of drug-likeness (QED) is 0.747. The summed E-state index contributed by atoms with van der Waals surface area (Å²) in [5.41, 5.74) is 3.24. The van der Waals surface area contributed by atoms with Crippen LogP contribution >= 0.6 is 11.6 Å². The molecule has 1 nitrogen and oxygen atoms in total.